The highest BCUT2D eigenvalue weighted by Gasteiger charge is 2.46. The molecule has 3 aliphatic rings. The third kappa shape index (κ3) is 1.42. The van der Waals surface area contributed by atoms with Gasteiger partial charge in [-0.15, -0.1) is 11.8 Å². The van der Waals surface area contributed by atoms with Crippen LogP contribution in [0.5, 0.6) is 0 Å². The monoisotopic (exact) mass is 199 g/mol. The maximum Gasteiger partial charge on any atom is 0.147 e. The molecule has 2 bridgehead atoms. The maximum absolute atomic E-state index is 11.5. The van der Waals surface area contributed by atoms with Crippen LogP contribution >= 0.6 is 11.8 Å². The Labute approximate surface area is 84.1 Å². The summed E-state index contributed by atoms with van der Waals surface area (Å²) in [6.07, 6.45) is 2.51. The Hall–Kier alpha value is -0.0200. The summed E-state index contributed by atoms with van der Waals surface area (Å²) in [5.74, 6) is 0.946. The summed E-state index contributed by atoms with van der Waals surface area (Å²) in [5, 5.41) is 1.26. The van der Waals surface area contributed by atoms with Crippen molar-refractivity contribution in [1.29, 1.82) is 0 Å². The standard InChI is InChI=1S/C10H17NOS/c1-6(12)10-8-4-5-9(11(10)3)13-7(8)2/h7-10H,4-5H2,1-3H3. The van der Waals surface area contributed by atoms with E-state index in [4.69, 9.17) is 0 Å². The number of likely N-dealkylation sites (N-methyl/N-ethyl adjacent to an activating group) is 1. The Bertz CT molecular complexity index is 231. The minimum Gasteiger partial charge on any atom is -0.298 e. The third-order valence-electron chi connectivity index (χ3n) is 3.44. The normalized spacial score (nSPS) is 45.2. The second-order valence-electron chi connectivity index (χ2n) is 4.26. The fraction of sp³-hybridized carbons (Fsp3) is 0.900. The molecular formula is C10H17NOS. The molecule has 13 heavy (non-hydrogen) atoms. The maximum atomic E-state index is 11.5. The number of Topliss-reactive ketones (excluding diaryl/α,β-unsaturated/α-hetero) is 1. The second kappa shape index (κ2) is 3.28. The average molecular weight is 199 g/mol. The molecule has 0 aromatic carbocycles. The van der Waals surface area contributed by atoms with Crippen molar-refractivity contribution in [2.75, 3.05) is 7.05 Å². The van der Waals surface area contributed by atoms with Crippen molar-refractivity contribution in [3.63, 3.8) is 0 Å². The van der Waals surface area contributed by atoms with Crippen molar-refractivity contribution in [2.45, 2.75) is 43.4 Å². The van der Waals surface area contributed by atoms with Crippen LogP contribution in [-0.4, -0.2) is 34.4 Å². The smallest absolute Gasteiger partial charge is 0.147 e. The molecule has 74 valence electrons. The number of hydrogen-bond donors (Lipinski definition) is 0. The molecule has 0 aromatic rings. The lowest BCUT2D eigenvalue weighted by molar-refractivity contribution is -0.125. The zero-order valence-corrected chi connectivity index (χ0v) is 9.30. The summed E-state index contributed by atoms with van der Waals surface area (Å²) >= 11 is 2.04. The lowest BCUT2D eigenvalue weighted by Gasteiger charge is -2.51. The highest BCUT2D eigenvalue weighted by molar-refractivity contribution is 8.00. The van der Waals surface area contributed by atoms with Crippen LogP contribution in [0.3, 0.4) is 0 Å². The molecule has 3 heterocycles. The number of fused-ring (bicyclic) bond motifs is 3. The lowest BCUT2D eigenvalue weighted by atomic mass is 9.84. The van der Waals surface area contributed by atoms with Gasteiger partial charge in [-0.2, -0.15) is 0 Å². The van der Waals surface area contributed by atoms with Gasteiger partial charge >= 0.3 is 0 Å². The van der Waals surface area contributed by atoms with Gasteiger partial charge in [-0.1, -0.05) is 6.92 Å². The fourth-order valence-corrected chi connectivity index (χ4v) is 4.35. The Balaban J connectivity index is 2.23. The quantitative estimate of drug-likeness (QED) is 0.641. The summed E-state index contributed by atoms with van der Waals surface area (Å²) in [7, 11) is 2.10. The summed E-state index contributed by atoms with van der Waals surface area (Å²) in [4.78, 5) is 13.8. The molecule has 0 aromatic heterocycles. The van der Waals surface area contributed by atoms with Gasteiger partial charge < -0.3 is 0 Å². The van der Waals surface area contributed by atoms with Crippen molar-refractivity contribution in [1.82, 2.24) is 4.90 Å². The molecule has 4 unspecified atom stereocenters. The van der Waals surface area contributed by atoms with Gasteiger partial charge in [0.25, 0.3) is 0 Å². The number of ketones is 1. The number of carbonyl (C=O) groups is 1. The minimum absolute atomic E-state index is 0.204. The Kier molecular flexibility index (Phi) is 2.41. The van der Waals surface area contributed by atoms with E-state index in [0.29, 0.717) is 22.3 Å². The van der Waals surface area contributed by atoms with Gasteiger partial charge in [0.2, 0.25) is 0 Å². The largest absolute Gasteiger partial charge is 0.298 e. The van der Waals surface area contributed by atoms with Crippen LogP contribution < -0.4 is 0 Å². The van der Waals surface area contributed by atoms with Crippen LogP contribution in [0.2, 0.25) is 0 Å². The molecule has 0 N–H and O–H groups in total. The average Bonchev–Trinajstić information content (AvgIpc) is 2.06. The first-order chi connectivity index (χ1) is 6.11. The van der Waals surface area contributed by atoms with E-state index in [1.807, 2.05) is 11.8 Å². The van der Waals surface area contributed by atoms with E-state index in [0.717, 1.165) is 0 Å². The van der Waals surface area contributed by atoms with E-state index in [-0.39, 0.29) is 6.04 Å². The van der Waals surface area contributed by atoms with Crippen LogP contribution in [0, 0.1) is 5.92 Å². The summed E-state index contributed by atoms with van der Waals surface area (Å²) < 4.78 is 0. The molecule has 0 aliphatic carbocycles. The predicted molar refractivity (Wildman–Crippen MR) is 55.8 cm³/mol. The van der Waals surface area contributed by atoms with E-state index in [1.165, 1.54) is 12.8 Å². The first kappa shape index (κ1) is 9.53. The van der Waals surface area contributed by atoms with E-state index in [2.05, 4.69) is 18.9 Å². The first-order valence-electron chi connectivity index (χ1n) is 4.99. The van der Waals surface area contributed by atoms with Crippen molar-refractivity contribution >= 4 is 17.5 Å². The van der Waals surface area contributed by atoms with Crippen LogP contribution in [-0.2, 0) is 4.79 Å². The topological polar surface area (TPSA) is 20.3 Å². The Morgan fingerprint density at radius 1 is 1.46 bits per heavy atom. The number of piperidine rings is 1. The molecular weight excluding hydrogens is 182 g/mol. The van der Waals surface area contributed by atoms with Crippen LogP contribution in [0.15, 0.2) is 0 Å². The number of nitrogens with zero attached hydrogens (tertiary/aromatic N) is 1. The molecule has 4 atom stereocenters. The molecule has 0 saturated carbocycles. The molecule has 3 fully saturated rings. The highest BCUT2D eigenvalue weighted by Crippen LogP contribution is 2.46. The van der Waals surface area contributed by atoms with Gasteiger partial charge in [0.1, 0.15) is 5.78 Å². The second-order valence-corrected chi connectivity index (χ2v) is 5.82. The van der Waals surface area contributed by atoms with Crippen LogP contribution in [0.4, 0.5) is 0 Å². The highest BCUT2D eigenvalue weighted by atomic mass is 32.2. The molecule has 3 saturated heterocycles. The third-order valence-corrected chi connectivity index (χ3v) is 5.10. The molecule has 3 aliphatic heterocycles. The number of rotatable bonds is 1. The summed E-state index contributed by atoms with van der Waals surface area (Å²) in [5.41, 5.74) is 0. The Morgan fingerprint density at radius 2 is 2.15 bits per heavy atom. The fourth-order valence-electron chi connectivity index (χ4n) is 2.77. The van der Waals surface area contributed by atoms with Crippen molar-refractivity contribution in [3.05, 3.63) is 0 Å². The predicted octanol–water partition coefficient (Wildman–Crippen LogP) is 1.75. The van der Waals surface area contributed by atoms with Gasteiger partial charge in [0.15, 0.2) is 0 Å². The number of thioether (sulfide) groups is 1. The van der Waals surface area contributed by atoms with Gasteiger partial charge in [0.05, 0.1) is 11.4 Å². The molecule has 0 radical (unpaired) electrons. The molecule has 0 spiro atoms. The molecule has 0 amide bonds. The van der Waals surface area contributed by atoms with Crippen molar-refractivity contribution < 1.29 is 4.79 Å². The summed E-state index contributed by atoms with van der Waals surface area (Å²) in [6.45, 7) is 4.00. The van der Waals surface area contributed by atoms with Crippen LogP contribution in [0.1, 0.15) is 26.7 Å². The SMILES string of the molecule is CC(=O)C1C2CCC(SC2C)N1C. The van der Waals surface area contributed by atoms with Gasteiger partial charge in [-0.3, -0.25) is 9.69 Å². The van der Waals surface area contributed by atoms with E-state index in [1.54, 1.807) is 6.92 Å². The molecule has 2 nitrogen and oxygen atoms in total. The minimum atomic E-state index is 0.204. The van der Waals surface area contributed by atoms with E-state index >= 15 is 0 Å². The first-order valence-corrected chi connectivity index (χ1v) is 5.93. The Morgan fingerprint density at radius 3 is 2.62 bits per heavy atom. The number of carbonyl (C=O) groups excluding carboxylic acids is 1. The van der Waals surface area contributed by atoms with Gasteiger partial charge in [0, 0.05) is 5.25 Å². The van der Waals surface area contributed by atoms with Crippen LogP contribution in [0.25, 0.3) is 0 Å². The van der Waals surface area contributed by atoms with Gasteiger partial charge in [-0.25, -0.2) is 0 Å². The zero-order valence-electron chi connectivity index (χ0n) is 8.49. The zero-order chi connectivity index (χ0) is 9.59. The van der Waals surface area contributed by atoms with Crippen molar-refractivity contribution in [3.8, 4) is 0 Å². The number of hydrogen-bond acceptors (Lipinski definition) is 3. The van der Waals surface area contributed by atoms with Gasteiger partial charge in [-0.05, 0) is 32.7 Å². The van der Waals surface area contributed by atoms with E-state index < -0.39 is 0 Å². The molecule has 3 rings (SSSR count). The van der Waals surface area contributed by atoms with Crippen molar-refractivity contribution in [2.24, 2.45) is 5.92 Å². The molecule has 3 heteroatoms. The lowest BCUT2D eigenvalue weighted by Crippen LogP contribution is -2.57. The summed E-state index contributed by atoms with van der Waals surface area (Å²) in [6, 6.07) is 0.204. The van der Waals surface area contributed by atoms with E-state index in [9.17, 15) is 4.79 Å².